The molecule has 0 radical (unpaired) electrons. The minimum absolute atomic E-state index is 0.160. The Hall–Kier alpha value is -2.55. The van der Waals surface area contributed by atoms with E-state index < -0.39 is 24.3 Å². The second kappa shape index (κ2) is 8.90. The van der Waals surface area contributed by atoms with E-state index in [0.717, 1.165) is 21.2 Å². The SMILES string of the molecule is CC(C)C[C@@H](C(N)=O)N(C(=N)c1ccc2c(c1)Nc1ccccc1S2)[C@H]1CCOC1O. The monoisotopic (exact) mass is 440 g/mol. The first kappa shape index (κ1) is 21.7. The number of aliphatic hydroxyl groups is 1. The highest BCUT2D eigenvalue weighted by molar-refractivity contribution is 7.99. The molecule has 2 aromatic rings. The summed E-state index contributed by atoms with van der Waals surface area (Å²) >= 11 is 1.68. The van der Waals surface area contributed by atoms with Crippen molar-refractivity contribution >= 4 is 34.9 Å². The summed E-state index contributed by atoms with van der Waals surface area (Å²) in [5.41, 5.74) is 8.35. The molecule has 2 aliphatic rings. The molecular formula is C23H28N4O3S. The van der Waals surface area contributed by atoms with E-state index in [-0.39, 0.29) is 11.8 Å². The third-order valence-corrected chi connectivity index (χ3v) is 6.79. The van der Waals surface area contributed by atoms with Gasteiger partial charge in [0.25, 0.3) is 0 Å². The lowest BCUT2D eigenvalue weighted by molar-refractivity contribution is -0.126. The van der Waals surface area contributed by atoms with Crippen LogP contribution < -0.4 is 11.1 Å². The third kappa shape index (κ3) is 4.42. The Morgan fingerprint density at radius 1 is 1.29 bits per heavy atom. The van der Waals surface area contributed by atoms with Crippen LogP contribution in [0.4, 0.5) is 11.4 Å². The zero-order chi connectivity index (χ0) is 22.1. The zero-order valence-corrected chi connectivity index (χ0v) is 18.5. The Labute approximate surface area is 186 Å². The number of amides is 1. The van der Waals surface area contributed by atoms with Gasteiger partial charge in [0.2, 0.25) is 5.91 Å². The Morgan fingerprint density at radius 3 is 2.71 bits per heavy atom. The first-order valence-corrected chi connectivity index (χ1v) is 11.3. The smallest absolute Gasteiger partial charge is 0.240 e. The molecule has 1 saturated heterocycles. The van der Waals surface area contributed by atoms with Crippen LogP contribution in [0.1, 0.15) is 32.3 Å². The predicted molar refractivity (Wildman–Crippen MR) is 122 cm³/mol. The van der Waals surface area contributed by atoms with Gasteiger partial charge in [-0.05, 0) is 43.0 Å². The standard InChI is InChI=1S/C23H28N4O3S/c1-13(2)11-18(22(25)28)27(17-9-10-30-23(17)29)21(24)14-7-8-20-16(12-14)26-15-5-3-4-6-19(15)31-20/h3-8,12-13,17-18,23-24,26,29H,9-11H2,1-2H3,(H2,25,28)/t17-,18-,23?/m0/s1. The van der Waals surface area contributed by atoms with Crippen LogP contribution in [-0.4, -0.2) is 46.7 Å². The van der Waals surface area contributed by atoms with Crippen molar-refractivity contribution in [3.8, 4) is 0 Å². The van der Waals surface area contributed by atoms with Gasteiger partial charge in [0.1, 0.15) is 11.9 Å². The van der Waals surface area contributed by atoms with Crippen molar-refractivity contribution in [3.05, 3.63) is 48.0 Å². The lowest BCUT2D eigenvalue weighted by Crippen LogP contribution is -2.55. The number of ether oxygens (including phenoxy) is 1. The first-order valence-electron chi connectivity index (χ1n) is 10.5. The van der Waals surface area contributed by atoms with Crippen molar-refractivity contribution in [2.45, 2.75) is 54.9 Å². The van der Waals surface area contributed by atoms with Crippen LogP contribution in [0.25, 0.3) is 0 Å². The molecule has 2 aromatic carbocycles. The van der Waals surface area contributed by atoms with E-state index in [4.69, 9.17) is 15.9 Å². The van der Waals surface area contributed by atoms with E-state index in [0.29, 0.717) is 25.0 Å². The van der Waals surface area contributed by atoms with Crippen molar-refractivity contribution in [3.63, 3.8) is 0 Å². The number of nitrogens with two attached hydrogens (primary N) is 1. The highest BCUT2D eigenvalue weighted by atomic mass is 32.2. The second-order valence-electron chi connectivity index (χ2n) is 8.36. The molecule has 5 N–H and O–H groups in total. The number of para-hydroxylation sites is 1. The molecule has 2 heterocycles. The van der Waals surface area contributed by atoms with Gasteiger partial charge in [0.05, 0.1) is 24.0 Å². The maximum absolute atomic E-state index is 12.4. The van der Waals surface area contributed by atoms with Gasteiger partial charge in [0, 0.05) is 15.4 Å². The van der Waals surface area contributed by atoms with Crippen LogP contribution in [0.2, 0.25) is 0 Å². The molecule has 1 fully saturated rings. The molecule has 0 spiro atoms. The molecular weight excluding hydrogens is 412 g/mol. The number of nitrogens with one attached hydrogen (secondary N) is 2. The number of hydrogen-bond acceptors (Lipinski definition) is 6. The van der Waals surface area contributed by atoms with Crippen molar-refractivity contribution in [2.75, 3.05) is 11.9 Å². The largest absolute Gasteiger partial charge is 0.368 e. The Kier molecular flexibility index (Phi) is 6.22. The summed E-state index contributed by atoms with van der Waals surface area (Å²) in [6.45, 7) is 4.40. The van der Waals surface area contributed by atoms with Crippen LogP contribution in [0.15, 0.2) is 52.3 Å². The number of primary amides is 1. The minimum atomic E-state index is -1.06. The van der Waals surface area contributed by atoms with Gasteiger partial charge in [-0.25, -0.2) is 0 Å². The molecule has 3 atom stereocenters. The number of anilines is 2. The van der Waals surface area contributed by atoms with Gasteiger partial charge in [-0.1, -0.05) is 43.8 Å². The second-order valence-corrected chi connectivity index (χ2v) is 9.44. The van der Waals surface area contributed by atoms with Crippen molar-refractivity contribution < 1.29 is 14.6 Å². The summed E-state index contributed by atoms with van der Waals surface area (Å²) in [7, 11) is 0. The first-order chi connectivity index (χ1) is 14.8. The quantitative estimate of drug-likeness (QED) is 0.345. The maximum atomic E-state index is 12.4. The fourth-order valence-electron chi connectivity index (χ4n) is 4.14. The molecule has 1 amide bonds. The Balaban J connectivity index is 1.68. The number of benzene rings is 2. The van der Waals surface area contributed by atoms with Gasteiger partial charge in [-0.3, -0.25) is 10.2 Å². The fraction of sp³-hybridized carbons (Fsp3) is 0.391. The number of hydrogen-bond donors (Lipinski definition) is 4. The number of carbonyl (C=O) groups is 1. The van der Waals surface area contributed by atoms with Crippen LogP contribution in [0.3, 0.4) is 0 Å². The highest BCUT2D eigenvalue weighted by Gasteiger charge is 2.40. The van der Waals surface area contributed by atoms with E-state index in [1.165, 1.54) is 0 Å². The van der Waals surface area contributed by atoms with E-state index in [9.17, 15) is 9.90 Å². The van der Waals surface area contributed by atoms with Crippen molar-refractivity contribution in [1.82, 2.24) is 4.90 Å². The van der Waals surface area contributed by atoms with Crippen LogP contribution >= 0.6 is 11.8 Å². The molecule has 0 saturated carbocycles. The number of fused-ring (bicyclic) bond motifs is 2. The van der Waals surface area contributed by atoms with Gasteiger partial charge in [-0.2, -0.15) is 0 Å². The number of nitrogens with zero attached hydrogens (tertiary/aromatic N) is 1. The molecule has 4 rings (SSSR count). The molecule has 31 heavy (non-hydrogen) atoms. The number of aliphatic hydroxyl groups excluding tert-OH is 1. The van der Waals surface area contributed by atoms with Gasteiger partial charge >= 0.3 is 0 Å². The summed E-state index contributed by atoms with van der Waals surface area (Å²) in [5, 5.41) is 22.8. The molecule has 0 bridgehead atoms. The average molecular weight is 441 g/mol. The van der Waals surface area contributed by atoms with E-state index in [1.54, 1.807) is 16.7 Å². The van der Waals surface area contributed by atoms with Gasteiger partial charge in [-0.15, -0.1) is 0 Å². The topological polar surface area (TPSA) is 112 Å². The third-order valence-electron chi connectivity index (χ3n) is 5.64. The summed E-state index contributed by atoms with van der Waals surface area (Å²) in [6, 6.07) is 12.7. The van der Waals surface area contributed by atoms with Crippen LogP contribution in [0, 0.1) is 11.3 Å². The normalized spacial score (nSPS) is 20.5. The van der Waals surface area contributed by atoms with Crippen molar-refractivity contribution in [2.24, 2.45) is 11.7 Å². The van der Waals surface area contributed by atoms with E-state index in [2.05, 4.69) is 11.4 Å². The molecule has 0 aliphatic carbocycles. The minimum Gasteiger partial charge on any atom is -0.368 e. The number of carbonyl (C=O) groups excluding carboxylic acids is 1. The maximum Gasteiger partial charge on any atom is 0.240 e. The lowest BCUT2D eigenvalue weighted by Gasteiger charge is -2.38. The fourth-order valence-corrected chi connectivity index (χ4v) is 5.11. The lowest BCUT2D eigenvalue weighted by atomic mass is 9.98. The van der Waals surface area contributed by atoms with Crippen LogP contribution in [0.5, 0.6) is 0 Å². The van der Waals surface area contributed by atoms with E-state index in [1.807, 2.05) is 50.2 Å². The molecule has 1 unspecified atom stereocenters. The van der Waals surface area contributed by atoms with E-state index >= 15 is 0 Å². The number of rotatable bonds is 6. The highest BCUT2D eigenvalue weighted by Crippen LogP contribution is 2.44. The van der Waals surface area contributed by atoms with Gasteiger partial charge < -0.3 is 25.8 Å². The summed E-state index contributed by atoms with van der Waals surface area (Å²) < 4.78 is 5.35. The number of amidine groups is 1. The van der Waals surface area contributed by atoms with Crippen LogP contribution in [-0.2, 0) is 9.53 Å². The van der Waals surface area contributed by atoms with Crippen molar-refractivity contribution in [1.29, 1.82) is 5.41 Å². The predicted octanol–water partition coefficient (Wildman–Crippen LogP) is 3.53. The molecule has 0 aromatic heterocycles. The molecule has 7 nitrogen and oxygen atoms in total. The summed E-state index contributed by atoms with van der Waals surface area (Å²) in [5.74, 6) is -0.143. The summed E-state index contributed by atoms with van der Waals surface area (Å²) in [4.78, 5) is 16.3. The molecule has 8 heteroatoms. The molecule has 164 valence electrons. The molecule has 2 aliphatic heterocycles. The summed E-state index contributed by atoms with van der Waals surface area (Å²) in [6.07, 6.45) is -0.0434. The zero-order valence-electron chi connectivity index (χ0n) is 17.7. The van der Waals surface area contributed by atoms with Gasteiger partial charge in [0.15, 0.2) is 6.29 Å². The Bertz CT molecular complexity index is 997. The average Bonchev–Trinajstić information content (AvgIpc) is 3.16. The Morgan fingerprint density at radius 2 is 2.03 bits per heavy atom.